The zero-order valence-corrected chi connectivity index (χ0v) is 27.4. The lowest BCUT2D eigenvalue weighted by Gasteiger charge is -2.34. The Bertz CT molecular complexity index is 1700. The van der Waals surface area contributed by atoms with Crippen LogP contribution in [0.2, 0.25) is 5.02 Å². The second kappa shape index (κ2) is 15.1. The van der Waals surface area contributed by atoms with Gasteiger partial charge in [0.1, 0.15) is 18.3 Å². The van der Waals surface area contributed by atoms with E-state index in [0.717, 1.165) is 15.4 Å². The molecule has 0 aliphatic heterocycles. The summed E-state index contributed by atoms with van der Waals surface area (Å²) in [5.41, 5.74) is 2.72. The van der Waals surface area contributed by atoms with Crippen LogP contribution in [0.25, 0.3) is 0 Å². The van der Waals surface area contributed by atoms with Gasteiger partial charge in [0.25, 0.3) is 10.0 Å². The van der Waals surface area contributed by atoms with Crippen molar-refractivity contribution in [3.63, 3.8) is 0 Å². The Balaban J connectivity index is 1.81. The van der Waals surface area contributed by atoms with Gasteiger partial charge in [0.15, 0.2) is 0 Å². The Hall–Kier alpha value is -4.34. The van der Waals surface area contributed by atoms with Crippen LogP contribution in [0.15, 0.2) is 108 Å². The van der Waals surface area contributed by atoms with Gasteiger partial charge in [0.05, 0.1) is 17.7 Å². The van der Waals surface area contributed by atoms with Crippen LogP contribution in [0.3, 0.4) is 0 Å². The number of nitrogens with one attached hydrogen (secondary N) is 1. The summed E-state index contributed by atoms with van der Waals surface area (Å²) >= 11 is 6.54. The SMILES string of the molecule is COc1ccc(S(=O)(=O)N(CC(=O)N(Cc2ccccc2Cl)[C@@H](Cc2ccccc2)C(=O)NC(C)C)c2ccc(C)cc2)cc1. The number of sulfonamides is 1. The number of hydrogen-bond acceptors (Lipinski definition) is 5. The van der Waals surface area contributed by atoms with Crippen molar-refractivity contribution in [3.8, 4) is 5.75 Å². The number of aryl methyl sites for hydroxylation is 1. The molecule has 0 unspecified atom stereocenters. The molecule has 236 valence electrons. The molecule has 45 heavy (non-hydrogen) atoms. The maximum atomic E-state index is 14.5. The smallest absolute Gasteiger partial charge is 0.264 e. The van der Waals surface area contributed by atoms with E-state index in [1.54, 1.807) is 60.7 Å². The van der Waals surface area contributed by atoms with Gasteiger partial charge < -0.3 is 15.0 Å². The van der Waals surface area contributed by atoms with E-state index in [-0.39, 0.29) is 29.8 Å². The van der Waals surface area contributed by atoms with Crippen LogP contribution in [0.1, 0.15) is 30.5 Å². The zero-order chi connectivity index (χ0) is 32.6. The highest BCUT2D eigenvalue weighted by atomic mass is 35.5. The first-order valence-electron chi connectivity index (χ1n) is 14.6. The molecule has 1 N–H and O–H groups in total. The minimum Gasteiger partial charge on any atom is -0.497 e. The number of carbonyl (C=O) groups is 2. The van der Waals surface area contributed by atoms with E-state index in [9.17, 15) is 18.0 Å². The number of benzene rings is 4. The Morgan fingerprint density at radius 2 is 1.49 bits per heavy atom. The predicted molar refractivity (Wildman–Crippen MR) is 178 cm³/mol. The van der Waals surface area contributed by atoms with Crippen LogP contribution in [-0.4, -0.2) is 50.9 Å². The fraction of sp³-hybridized carbons (Fsp3) is 0.257. The number of hydrogen-bond donors (Lipinski definition) is 1. The van der Waals surface area contributed by atoms with Crippen molar-refractivity contribution in [2.75, 3.05) is 18.0 Å². The molecule has 10 heteroatoms. The van der Waals surface area contributed by atoms with E-state index in [1.807, 2.05) is 51.1 Å². The van der Waals surface area contributed by atoms with Crippen molar-refractivity contribution in [2.45, 2.75) is 50.7 Å². The molecule has 4 aromatic carbocycles. The summed E-state index contributed by atoms with van der Waals surface area (Å²) in [6.07, 6.45) is 0.214. The number of nitrogens with zero attached hydrogens (tertiary/aromatic N) is 2. The van der Waals surface area contributed by atoms with Crippen LogP contribution in [0, 0.1) is 6.92 Å². The number of methoxy groups -OCH3 is 1. The molecule has 0 aromatic heterocycles. The van der Waals surface area contributed by atoms with Gasteiger partial charge in [-0.05, 0) is 74.4 Å². The highest BCUT2D eigenvalue weighted by molar-refractivity contribution is 7.92. The summed E-state index contributed by atoms with van der Waals surface area (Å²) < 4.78 is 34.6. The van der Waals surface area contributed by atoms with Gasteiger partial charge in [-0.15, -0.1) is 0 Å². The zero-order valence-electron chi connectivity index (χ0n) is 25.8. The molecular formula is C35H38ClN3O5S. The maximum absolute atomic E-state index is 14.5. The molecule has 0 spiro atoms. The lowest BCUT2D eigenvalue weighted by molar-refractivity contribution is -0.140. The van der Waals surface area contributed by atoms with Crippen molar-refractivity contribution in [1.82, 2.24) is 10.2 Å². The standard InChI is InChI=1S/C35H38ClN3O5S/c1-25(2)37-35(41)33(22-27-10-6-5-7-11-27)38(23-28-12-8-9-13-32(28)36)34(40)24-39(29-16-14-26(3)15-17-29)45(42,43)31-20-18-30(44-4)19-21-31/h5-21,25,33H,22-24H2,1-4H3,(H,37,41)/t33-/m0/s1. The molecule has 0 saturated carbocycles. The van der Waals surface area contributed by atoms with Crippen LogP contribution in [0.5, 0.6) is 5.75 Å². The molecule has 0 bridgehead atoms. The number of halogens is 1. The molecule has 0 saturated heterocycles. The largest absolute Gasteiger partial charge is 0.497 e. The predicted octanol–water partition coefficient (Wildman–Crippen LogP) is 6.02. The molecule has 2 amide bonds. The number of anilines is 1. The molecule has 1 atom stereocenters. The first-order valence-corrected chi connectivity index (χ1v) is 16.4. The third-order valence-corrected chi connectivity index (χ3v) is 9.41. The van der Waals surface area contributed by atoms with Gasteiger partial charge >= 0.3 is 0 Å². The molecule has 8 nitrogen and oxygen atoms in total. The van der Waals surface area contributed by atoms with Crippen molar-refractivity contribution in [3.05, 3.63) is 125 Å². The first-order chi connectivity index (χ1) is 21.5. The third-order valence-electron chi connectivity index (χ3n) is 7.25. The molecule has 0 fully saturated rings. The molecule has 0 heterocycles. The van der Waals surface area contributed by atoms with E-state index < -0.39 is 28.5 Å². The Labute approximate surface area is 270 Å². The number of ether oxygens (including phenoxy) is 1. The van der Waals surface area contributed by atoms with Crippen molar-refractivity contribution in [2.24, 2.45) is 0 Å². The minimum atomic E-state index is -4.22. The molecule has 0 aliphatic rings. The highest BCUT2D eigenvalue weighted by Crippen LogP contribution is 2.27. The molecular weight excluding hydrogens is 610 g/mol. The van der Waals surface area contributed by atoms with Gasteiger partial charge in [-0.25, -0.2) is 8.42 Å². The van der Waals surface area contributed by atoms with Gasteiger partial charge in [0.2, 0.25) is 11.8 Å². The van der Waals surface area contributed by atoms with E-state index in [0.29, 0.717) is 22.0 Å². The highest BCUT2D eigenvalue weighted by Gasteiger charge is 2.35. The summed E-state index contributed by atoms with van der Waals surface area (Å²) in [7, 11) is -2.73. The van der Waals surface area contributed by atoms with Gasteiger partial charge in [-0.1, -0.05) is 77.8 Å². The van der Waals surface area contributed by atoms with Crippen LogP contribution < -0.4 is 14.4 Å². The van der Waals surface area contributed by atoms with Crippen molar-refractivity contribution >= 4 is 39.1 Å². The molecule has 4 aromatic rings. The topological polar surface area (TPSA) is 96.0 Å². The Morgan fingerprint density at radius 3 is 2.09 bits per heavy atom. The summed E-state index contributed by atoms with van der Waals surface area (Å²) in [5, 5.41) is 3.38. The fourth-order valence-electron chi connectivity index (χ4n) is 4.86. The quantitative estimate of drug-likeness (QED) is 0.192. The summed E-state index contributed by atoms with van der Waals surface area (Å²) in [6.45, 7) is 5.02. The van der Waals surface area contributed by atoms with Gasteiger partial charge in [-0.2, -0.15) is 0 Å². The van der Waals surface area contributed by atoms with Crippen molar-refractivity contribution in [1.29, 1.82) is 0 Å². The average Bonchev–Trinajstić information content (AvgIpc) is 3.03. The Morgan fingerprint density at radius 1 is 0.867 bits per heavy atom. The normalized spacial score (nSPS) is 12.0. The summed E-state index contributed by atoms with van der Waals surface area (Å²) in [5.74, 6) is -0.417. The molecule has 0 radical (unpaired) electrons. The minimum absolute atomic E-state index is 0.00675. The van der Waals surface area contributed by atoms with Crippen LogP contribution in [0.4, 0.5) is 5.69 Å². The lowest BCUT2D eigenvalue weighted by Crippen LogP contribution is -2.54. The Kier molecular flexibility index (Phi) is 11.3. The molecule has 4 rings (SSSR count). The first kappa shape index (κ1) is 33.6. The van der Waals surface area contributed by atoms with E-state index in [1.165, 1.54) is 24.1 Å². The van der Waals surface area contributed by atoms with Gasteiger partial charge in [-0.3, -0.25) is 13.9 Å². The molecule has 0 aliphatic carbocycles. The van der Waals surface area contributed by atoms with Crippen molar-refractivity contribution < 1.29 is 22.7 Å². The third kappa shape index (κ3) is 8.65. The second-order valence-electron chi connectivity index (χ2n) is 11.0. The van der Waals surface area contributed by atoms with E-state index >= 15 is 0 Å². The monoisotopic (exact) mass is 647 g/mol. The van der Waals surface area contributed by atoms with Crippen LogP contribution in [-0.2, 0) is 32.6 Å². The second-order valence-corrected chi connectivity index (χ2v) is 13.3. The number of rotatable bonds is 13. The lowest BCUT2D eigenvalue weighted by atomic mass is 10.0. The number of carbonyl (C=O) groups excluding carboxylic acids is 2. The fourth-order valence-corrected chi connectivity index (χ4v) is 6.47. The van der Waals surface area contributed by atoms with Gasteiger partial charge in [0, 0.05) is 24.0 Å². The van der Waals surface area contributed by atoms with E-state index in [4.69, 9.17) is 16.3 Å². The summed E-state index contributed by atoms with van der Waals surface area (Å²) in [6, 6.07) is 28.2. The van der Waals surface area contributed by atoms with Crippen LogP contribution >= 0.6 is 11.6 Å². The average molecular weight is 648 g/mol. The maximum Gasteiger partial charge on any atom is 0.264 e. The summed E-state index contributed by atoms with van der Waals surface area (Å²) in [4.78, 5) is 29.7. The number of amides is 2. The van der Waals surface area contributed by atoms with E-state index in [2.05, 4.69) is 5.32 Å².